The van der Waals surface area contributed by atoms with Gasteiger partial charge in [-0.25, -0.2) is 8.42 Å². The standard InChI is InChI=1S/C18H19ClN2O4S/c1-13-3-2-4-14(11-13)20-18(22)16-12-15(5-6-17(16)19)26(23,24)21-7-9-25-10-8-21/h2-6,11-12H,7-10H2,1H3,(H,20,22). The number of benzene rings is 2. The Balaban J connectivity index is 1.88. The van der Waals surface area contributed by atoms with Crippen molar-refractivity contribution < 1.29 is 17.9 Å². The van der Waals surface area contributed by atoms with E-state index in [2.05, 4.69) is 5.32 Å². The van der Waals surface area contributed by atoms with Crippen LogP contribution >= 0.6 is 11.6 Å². The average molecular weight is 395 g/mol. The number of morpholine rings is 1. The first-order valence-electron chi connectivity index (χ1n) is 8.13. The normalized spacial score (nSPS) is 15.6. The first-order chi connectivity index (χ1) is 12.4. The lowest BCUT2D eigenvalue weighted by Crippen LogP contribution is -2.40. The molecule has 1 heterocycles. The summed E-state index contributed by atoms with van der Waals surface area (Å²) in [5.74, 6) is -0.459. The van der Waals surface area contributed by atoms with Gasteiger partial charge in [-0.2, -0.15) is 4.31 Å². The fraction of sp³-hybridized carbons (Fsp3) is 0.278. The Morgan fingerprint density at radius 2 is 1.88 bits per heavy atom. The average Bonchev–Trinajstić information content (AvgIpc) is 2.62. The number of hydrogen-bond donors (Lipinski definition) is 1. The second kappa shape index (κ2) is 7.75. The first-order valence-corrected chi connectivity index (χ1v) is 9.95. The Morgan fingerprint density at radius 3 is 2.58 bits per heavy atom. The van der Waals surface area contributed by atoms with E-state index in [4.69, 9.17) is 16.3 Å². The molecule has 0 unspecified atom stereocenters. The van der Waals surface area contributed by atoms with Gasteiger partial charge < -0.3 is 10.1 Å². The highest BCUT2D eigenvalue weighted by molar-refractivity contribution is 7.89. The van der Waals surface area contributed by atoms with Gasteiger partial charge in [0.1, 0.15) is 0 Å². The van der Waals surface area contributed by atoms with Crippen molar-refractivity contribution in [2.24, 2.45) is 0 Å². The highest BCUT2D eigenvalue weighted by atomic mass is 35.5. The predicted octanol–water partition coefficient (Wildman–Crippen LogP) is 2.92. The van der Waals surface area contributed by atoms with Crippen LogP contribution in [0.4, 0.5) is 5.69 Å². The molecule has 138 valence electrons. The zero-order valence-corrected chi connectivity index (χ0v) is 15.8. The van der Waals surface area contributed by atoms with Gasteiger partial charge in [0.25, 0.3) is 5.91 Å². The van der Waals surface area contributed by atoms with Gasteiger partial charge >= 0.3 is 0 Å². The van der Waals surface area contributed by atoms with Crippen molar-refractivity contribution in [3.05, 3.63) is 58.6 Å². The van der Waals surface area contributed by atoms with Gasteiger partial charge in [0.2, 0.25) is 10.0 Å². The van der Waals surface area contributed by atoms with Crippen molar-refractivity contribution in [2.45, 2.75) is 11.8 Å². The summed E-state index contributed by atoms with van der Waals surface area (Å²) in [6.07, 6.45) is 0. The molecule has 8 heteroatoms. The highest BCUT2D eigenvalue weighted by Gasteiger charge is 2.27. The molecule has 1 aliphatic rings. The molecule has 1 amide bonds. The monoisotopic (exact) mass is 394 g/mol. The minimum atomic E-state index is -3.70. The van der Waals surface area contributed by atoms with Gasteiger partial charge in [0, 0.05) is 18.8 Å². The number of sulfonamides is 1. The maximum atomic E-state index is 12.8. The van der Waals surface area contributed by atoms with Gasteiger partial charge in [0.15, 0.2) is 0 Å². The maximum Gasteiger partial charge on any atom is 0.257 e. The smallest absolute Gasteiger partial charge is 0.257 e. The molecule has 0 bridgehead atoms. The van der Waals surface area contributed by atoms with Crippen LogP contribution in [-0.2, 0) is 14.8 Å². The van der Waals surface area contributed by atoms with E-state index in [1.807, 2.05) is 25.1 Å². The molecule has 1 aliphatic heterocycles. The van der Waals surface area contributed by atoms with Crippen LogP contribution in [0.25, 0.3) is 0 Å². The molecule has 0 spiro atoms. The minimum Gasteiger partial charge on any atom is -0.379 e. The molecule has 1 N–H and O–H groups in total. The molecule has 1 fully saturated rings. The summed E-state index contributed by atoms with van der Waals surface area (Å²) in [5, 5.41) is 2.94. The third-order valence-corrected chi connectivity index (χ3v) is 6.29. The quantitative estimate of drug-likeness (QED) is 0.865. The molecule has 0 atom stereocenters. The third-order valence-electron chi connectivity index (χ3n) is 4.07. The second-order valence-corrected chi connectivity index (χ2v) is 8.33. The molecule has 0 aromatic heterocycles. The number of amides is 1. The number of carbonyl (C=O) groups is 1. The minimum absolute atomic E-state index is 0.0400. The molecular formula is C18H19ClN2O4S. The van der Waals surface area contributed by atoms with E-state index in [0.717, 1.165) is 5.56 Å². The zero-order valence-electron chi connectivity index (χ0n) is 14.2. The summed E-state index contributed by atoms with van der Waals surface area (Å²) in [4.78, 5) is 12.6. The Morgan fingerprint density at radius 1 is 1.15 bits per heavy atom. The number of halogens is 1. The van der Waals surface area contributed by atoms with Crippen LogP contribution in [-0.4, -0.2) is 44.9 Å². The second-order valence-electron chi connectivity index (χ2n) is 5.98. The molecule has 1 saturated heterocycles. The van der Waals surface area contributed by atoms with Gasteiger partial charge in [-0.1, -0.05) is 23.7 Å². The number of aryl methyl sites for hydroxylation is 1. The summed E-state index contributed by atoms with van der Waals surface area (Å²) >= 11 is 6.14. The Bertz CT molecular complexity index is 925. The Hall–Kier alpha value is -1.93. The topological polar surface area (TPSA) is 75.7 Å². The molecule has 2 aromatic rings. The third kappa shape index (κ3) is 4.07. The molecule has 0 radical (unpaired) electrons. The number of nitrogens with one attached hydrogen (secondary N) is 1. The van der Waals surface area contributed by atoms with E-state index < -0.39 is 15.9 Å². The van der Waals surface area contributed by atoms with Crippen LogP contribution in [0, 0.1) is 6.92 Å². The van der Waals surface area contributed by atoms with E-state index in [-0.39, 0.29) is 28.6 Å². The fourth-order valence-corrected chi connectivity index (χ4v) is 4.33. The molecule has 0 aliphatic carbocycles. The Labute approximate surface area is 157 Å². The lowest BCUT2D eigenvalue weighted by molar-refractivity contribution is 0.0730. The lowest BCUT2D eigenvalue weighted by atomic mass is 10.2. The number of rotatable bonds is 4. The van der Waals surface area contributed by atoms with Crippen molar-refractivity contribution in [3.63, 3.8) is 0 Å². The van der Waals surface area contributed by atoms with Crippen molar-refractivity contribution >= 4 is 33.2 Å². The SMILES string of the molecule is Cc1cccc(NC(=O)c2cc(S(=O)(=O)N3CCOCC3)ccc2Cl)c1. The molecule has 26 heavy (non-hydrogen) atoms. The predicted molar refractivity (Wildman–Crippen MR) is 100 cm³/mol. The van der Waals surface area contributed by atoms with Crippen molar-refractivity contribution in [1.29, 1.82) is 0 Å². The van der Waals surface area contributed by atoms with E-state index >= 15 is 0 Å². The maximum absolute atomic E-state index is 12.8. The summed E-state index contributed by atoms with van der Waals surface area (Å²) in [6.45, 7) is 3.20. The number of ether oxygens (including phenoxy) is 1. The highest BCUT2D eigenvalue weighted by Crippen LogP contribution is 2.24. The summed E-state index contributed by atoms with van der Waals surface area (Å²) in [7, 11) is -3.70. The summed E-state index contributed by atoms with van der Waals surface area (Å²) in [6, 6.07) is 11.5. The van der Waals surface area contributed by atoms with Crippen LogP contribution in [0.3, 0.4) is 0 Å². The number of anilines is 1. The van der Waals surface area contributed by atoms with Crippen LogP contribution in [0.1, 0.15) is 15.9 Å². The van der Waals surface area contributed by atoms with Crippen LogP contribution in [0.15, 0.2) is 47.4 Å². The molecule has 6 nitrogen and oxygen atoms in total. The lowest BCUT2D eigenvalue weighted by Gasteiger charge is -2.26. The van der Waals surface area contributed by atoms with Gasteiger partial charge in [-0.05, 0) is 42.8 Å². The van der Waals surface area contributed by atoms with Crippen LogP contribution in [0.5, 0.6) is 0 Å². The summed E-state index contributed by atoms with van der Waals surface area (Å²) < 4.78 is 32.1. The molecule has 3 rings (SSSR count). The van der Waals surface area contributed by atoms with E-state index in [9.17, 15) is 13.2 Å². The zero-order chi connectivity index (χ0) is 18.7. The number of hydrogen-bond acceptors (Lipinski definition) is 4. The van der Waals surface area contributed by atoms with Gasteiger partial charge in [0.05, 0.1) is 28.7 Å². The fourth-order valence-electron chi connectivity index (χ4n) is 2.70. The summed E-state index contributed by atoms with van der Waals surface area (Å²) in [5.41, 5.74) is 1.73. The molecular weight excluding hydrogens is 376 g/mol. The van der Waals surface area contributed by atoms with Crippen LogP contribution < -0.4 is 5.32 Å². The Kier molecular flexibility index (Phi) is 5.62. The van der Waals surface area contributed by atoms with E-state index in [1.165, 1.54) is 22.5 Å². The van der Waals surface area contributed by atoms with Crippen molar-refractivity contribution in [1.82, 2.24) is 4.31 Å². The largest absolute Gasteiger partial charge is 0.379 e. The van der Waals surface area contributed by atoms with Crippen molar-refractivity contribution in [2.75, 3.05) is 31.6 Å². The van der Waals surface area contributed by atoms with Crippen molar-refractivity contribution in [3.8, 4) is 0 Å². The molecule has 2 aromatic carbocycles. The number of nitrogens with zero attached hydrogens (tertiary/aromatic N) is 1. The van der Waals surface area contributed by atoms with Gasteiger partial charge in [-0.3, -0.25) is 4.79 Å². The van der Waals surface area contributed by atoms with Crippen LogP contribution in [0.2, 0.25) is 5.02 Å². The number of carbonyl (C=O) groups excluding carboxylic acids is 1. The first kappa shape index (κ1) is 18.8. The van der Waals surface area contributed by atoms with Gasteiger partial charge in [-0.15, -0.1) is 0 Å². The molecule has 0 saturated carbocycles. The van der Waals surface area contributed by atoms with E-state index in [1.54, 1.807) is 6.07 Å². The van der Waals surface area contributed by atoms with E-state index in [0.29, 0.717) is 18.9 Å².